The van der Waals surface area contributed by atoms with Gasteiger partial charge in [-0.3, -0.25) is 0 Å². The lowest BCUT2D eigenvalue weighted by Crippen LogP contribution is -2.00. The zero-order valence-electron chi connectivity index (χ0n) is 61.5. The largest absolute Gasteiger partial charge is 0.455 e. The van der Waals surface area contributed by atoms with Crippen molar-refractivity contribution in [1.82, 2.24) is 34.9 Å². The molecule has 0 aliphatic heterocycles. The summed E-state index contributed by atoms with van der Waals surface area (Å²) in [6.07, 6.45) is 0. The molecule has 6 heterocycles. The van der Waals surface area contributed by atoms with Crippen molar-refractivity contribution < 1.29 is 8.83 Å². The van der Waals surface area contributed by atoms with E-state index in [0.29, 0.717) is 23.3 Å². The highest BCUT2D eigenvalue weighted by atomic mass is 16.3. The highest BCUT2D eigenvalue weighted by Gasteiger charge is 2.23. The number of benzene rings is 16. The molecule has 114 heavy (non-hydrogen) atoms. The lowest BCUT2D eigenvalue weighted by molar-refractivity contribution is 0.672. The maximum Gasteiger partial charge on any atom is 0.164 e. The standard InChI is InChI=1S/C53H33N3O.C52H32N4O/c1-3-11-34(12-4-1)35-19-25-39(26-20-35)46-33-47(56-53(55-46)42-14-5-2-6-15-42)40-27-21-36(22-28-40)37-23-29-41(30-24-37)51-50-44-17-9-10-18-48(44)57-52(50)49-43-16-8-7-13-38(43)31-32-45(49)54-51;1-3-11-33(12-4-1)34-21-27-40(28-22-34)51-54-50(39-14-5-2-6-15-39)55-52(56-51)41-29-23-36(24-30-41)35-19-25-38(26-20-35)48-47-43-17-9-10-18-45(43)57-49(47)46-42-16-8-7-13-37(42)31-32-44(46)53-48/h1-33H;1-32H. The highest BCUT2D eigenvalue weighted by molar-refractivity contribution is 6.27. The Balaban J connectivity index is 0.000000143. The molecule has 0 aliphatic carbocycles. The Hall–Kier alpha value is -15.5. The molecule has 22 rings (SSSR count). The zero-order chi connectivity index (χ0) is 75.4. The van der Waals surface area contributed by atoms with Gasteiger partial charge in [-0.1, -0.05) is 364 Å². The van der Waals surface area contributed by atoms with Crippen LogP contribution in [0.1, 0.15) is 0 Å². The van der Waals surface area contributed by atoms with Crippen LogP contribution in [0, 0.1) is 0 Å². The number of aromatic nitrogens is 7. The second-order valence-electron chi connectivity index (χ2n) is 28.6. The normalized spacial score (nSPS) is 11.5. The Kier molecular flexibility index (Phi) is 16.7. The second kappa shape index (κ2) is 28.5. The average molecular weight is 1460 g/mol. The van der Waals surface area contributed by atoms with Gasteiger partial charge in [-0.15, -0.1) is 0 Å². The smallest absolute Gasteiger partial charge is 0.164 e. The van der Waals surface area contributed by atoms with Crippen molar-refractivity contribution in [3.05, 3.63) is 394 Å². The van der Waals surface area contributed by atoms with E-state index >= 15 is 0 Å². The van der Waals surface area contributed by atoms with E-state index in [9.17, 15) is 0 Å². The van der Waals surface area contributed by atoms with E-state index < -0.39 is 0 Å². The van der Waals surface area contributed by atoms with Crippen LogP contribution in [0.15, 0.2) is 403 Å². The number of furan rings is 2. The molecule has 0 atom stereocenters. The molecule has 16 aromatic carbocycles. The maximum atomic E-state index is 6.61. The van der Waals surface area contributed by atoms with Gasteiger partial charge in [0.2, 0.25) is 0 Å². The van der Waals surface area contributed by atoms with Gasteiger partial charge in [0.15, 0.2) is 23.3 Å². The predicted octanol–water partition coefficient (Wildman–Crippen LogP) is 27.6. The van der Waals surface area contributed by atoms with Crippen molar-refractivity contribution in [2.75, 3.05) is 0 Å². The SMILES string of the molecule is c1ccc(-c2ccc(-c3cc(-c4ccc(-c5ccc(-c6nc7ccc8ccccc8c7c7oc8ccccc8c67)cc5)cc4)nc(-c4ccccc4)n3)cc2)cc1.c1ccc(-c2ccc(-c3nc(-c4ccccc4)nc(-c4ccc(-c5ccc(-c6nc7ccc8ccccc8c7c7oc8ccccc8c67)cc5)cc4)n3)cc2)cc1. The highest BCUT2D eigenvalue weighted by Crippen LogP contribution is 2.45. The van der Waals surface area contributed by atoms with Crippen LogP contribution in [-0.2, 0) is 0 Å². The molecule has 9 heteroatoms. The van der Waals surface area contributed by atoms with E-state index in [1.807, 2.05) is 84.9 Å². The van der Waals surface area contributed by atoms with Crippen LogP contribution >= 0.6 is 0 Å². The van der Waals surface area contributed by atoms with E-state index in [4.69, 9.17) is 43.7 Å². The van der Waals surface area contributed by atoms with E-state index in [0.717, 1.165) is 177 Å². The molecule has 0 N–H and O–H groups in total. The monoisotopic (exact) mass is 1460 g/mol. The van der Waals surface area contributed by atoms with Crippen molar-refractivity contribution in [2.45, 2.75) is 0 Å². The van der Waals surface area contributed by atoms with Gasteiger partial charge in [-0.05, 0) is 96.4 Å². The van der Waals surface area contributed by atoms with Gasteiger partial charge in [-0.25, -0.2) is 34.9 Å². The first-order chi connectivity index (χ1) is 56.5. The number of hydrogen-bond donors (Lipinski definition) is 0. The number of hydrogen-bond acceptors (Lipinski definition) is 9. The molecule has 0 radical (unpaired) electrons. The number of fused-ring (bicyclic) bond motifs is 14. The van der Waals surface area contributed by atoms with Crippen LogP contribution in [0.5, 0.6) is 0 Å². The van der Waals surface area contributed by atoms with Crippen LogP contribution in [0.25, 0.3) is 222 Å². The van der Waals surface area contributed by atoms with E-state index in [-0.39, 0.29) is 0 Å². The molecule has 532 valence electrons. The molecule has 0 saturated heterocycles. The summed E-state index contributed by atoms with van der Waals surface area (Å²) >= 11 is 0. The summed E-state index contributed by atoms with van der Waals surface area (Å²) in [5.41, 5.74) is 25.9. The fourth-order valence-electron chi connectivity index (χ4n) is 15.9. The Labute approximate surface area is 656 Å². The second-order valence-corrected chi connectivity index (χ2v) is 28.6. The third-order valence-electron chi connectivity index (χ3n) is 21.7. The Bertz CT molecular complexity index is 6940. The summed E-state index contributed by atoms with van der Waals surface area (Å²) in [6.45, 7) is 0. The van der Waals surface area contributed by atoms with E-state index in [1.165, 1.54) is 22.1 Å². The van der Waals surface area contributed by atoms with Crippen LogP contribution < -0.4 is 0 Å². The summed E-state index contributed by atoms with van der Waals surface area (Å²) in [7, 11) is 0. The van der Waals surface area contributed by atoms with E-state index in [2.05, 4.69) is 309 Å². The van der Waals surface area contributed by atoms with Crippen molar-refractivity contribution in [3.63, 3.8) is 0 Å². The molecule has 0 aliphatic rings. The van der Waals surface area contributed by atoms with Crippen molar-refractivity contribution in [2.24, 2.45) is 0 Å². The van der Waals surface area contributed by atoms with Crippen LogP contribution in [-0.4, -0.2) is 34.9 Å². The summed E-state index contributed by atoms with van der Waals surface area (Å²) in [5, 5.41) is 10.9. The van der Waals surface area contributed by atoms with Gasteiger partial charge in [0.25, 0.3) is 0 Å². The summed E-state index contributed by atoms with van der Waals surface area (Å²) in [5.74, 6) is 2.59. The van der Waals surface area contributed by atoms with Crippen molar-refractivity contribution >= 4 is 87.2 Å². The lowest BCUT2D eigenvalue weighted by Gasteiger charge is -2.11. The summed E-state index contributed by atoms with van der Waals surface area (Å²) in [6, 6.07) is 136. The molecule has 0 saturated carbocycles. The third kappa shape index (κ3) is 12.4. The Morgan fingerprint density at radius 1 is 0.167 bits per heavy atom. The van der Waals surface area contributed by atoms with Crippen LogP contribution in [0.3, 0.4) is 0 Å². The quantitative estimate of drug-likeness (QED) is 0.110. The maximum absolute atomic E-state index is 6.61. The van der Waals surface area contributed by atoms with Crippen molar-refractivity contribution in [3.8, 4) is 135 Å². The topological polar surface area (TPSA) is 117 Å². The minimum absolute atomic E-state index is 0.624. The summed E-state index contributed by atoms with van der Waals surface area (Å²) in [4.78, 5) is 35.6. The molecule has 0 spiro atoms. The first-order valence-electron chi connectivity index (χ1n) is 38.2. The molecule has 0 amide bonds. The fourth-order valence-corrected chi connectivity index (χ4v) is 15.9. The molecule has 0 fully saturated rings. The van der Waals surface area contributed by atoms with Gasteiger partial charge in [0.05, 0.1) is 55.4 Å². The van der Waals surface area contributed by atoms with Gasteiger partial charge in [0, 0.05) is 55.3 Å². The van der Waals surface area contributed by atoms with Crippen LogP contribution in [0.4, 0.5) is 0 Å². The Morgan fingerprint density at radius 3 is 0.772 bits per heavy atom. The average Bonchev–Trinajstić information content (AvgIpc) is 1.53. The van der Waals surface area contributed by atoms with Gasteiger partial charge < -0.3 is 8.83 Å². The molecular formula is C105H65N7O2. The molecular weight excluding hydrogens is 1390 g/mol. The van der Waals surface area contributed by atoms with E-state index in [1.54, 1.807) is 0 Å². The van der Waals surface area contributed by atoms with Gasteiger partial charge in [-0.2, -0.15) is 0 Å². The minimum atomic E-state index is 0.624. The lowest BCUT2D eigenvalue weighted by atomic mass is 9.97. The number of pyridine rings is 2. The minimum Gasteiger partial charge on any atom is -0.455 e. The molecule has 0 bridgehead atoms. The molecule has 22 aromatic rings. The van der Waals surface area contributed by atoms with Gasteiger partial charge >= 0.3 is 0 Å². The third-order valence-corrected chi connectivity index (χ3v) is 21.7. The first kappa shape index (κ1) is 66.7. The first-order valence-corrected chi connectivity index (χ1v) is 38.2. The zero-order valence-corrected chi connectivity index (χ0v) is 61.5. The summed E-state index contributed by atoms with van der Waals surface area (Å²) < 4.78 is 13.2. The van der Waals surface area contributed by atoms with Crippen LogP contribution in [0.2, 0.25) is 0 Å². The van der Waals surface area contributed by atoms with Gasteiger partial charge in [0.1, 0.15) is 22.3 Å². The van der Waals surface area contributed by atoms with Crippen molar-refractivity contribution in [1.29, 1.82) is 0 Å². The molecule has 0 unspecified atom stereocenters. The molecule has 9 nitrogen and oxygen atoms in total. The molecule has 6 aromatic heterocycles. The predicted molar refractivity (Wildman–Crippen MR) is 467 cm³/mol. The number of rotatable bonds is 12. The fraction of sp³-hybridized carbons (Fsp3) is 0. The number of nitrogens with zero attached hydrogens (tertiary/aromatic N) is 7. The number of para-hydroxylation sites is 2. The Morgan fingerprint density at radius 2 is 0.421 bits per heavy atom.